The number of carbonyl (C=O) groups excluding carboxylic acids is 1. The third-order valence-electron chi connectivity index (χ3n) is 5.25. The summed E-state index contributed by atoms with van der Waals surface area (Å²) in [5.74, 6) is -2.97. The summed E-state index contributed by atoms with van der Waals surface area (Å²) in [5.41, 5.74) is 17.5. The fourth-order valence-electron chi connectivity index (χ4n) is 3.19. The van der Waals surface area contributed by atoms with Crippen molar-refractivity contribution in [3.8, 4) is 0 Å². The maximum absolute atomic E-state index is 11.6. The Morgan fingerprint density at radius 3 is 2.03 bits per heavy atom. The number of hydrogen-bond acceptors (Lipinski definition) is 11. The summed E-state index contributed by atoms with van der Waals surface area (Å²) in [7, 11) is 0. The molecule has 7 N–H and O–H groups in total. The molecule has 4 rings (SSSR count). The number of allylic oxidation sites excluding steroid dienone is 3. The van der Waals surface area contributed by atoms with Gasteiger partial charge in [0.1, 0.15) is 16.9 Å². The standard InChI is InChI=1S/C26H20N8O5/c27-20-10-11-21(33-30-15-3-1-14(2-4-15)25(36)37)23(28)24(20)34-31-17-7-5-16(6-8-17)29-32-18-9-12-22(35)19(13-18)26(38)39/h1-13,29H,27-28H2,(H,36,37)(H,38,39)/b32-18+,33-30?,34-31?. The van der Waals surface area contributed by atoms with E-state index in [1.165, 1.54) is 36.4 Å². The molecule has 1 aliphatic carbocycles. The molecule has 0 saturated carbocycles. The van der Waals surface area contributed by atoms with E-state index in [9.17, 15) is 14.4 Å². The average molecular weight is 524 g/mol. The van der Waals surface area contributed by atoms with E-state index in [2.05, 4.69) is 31.0 Å². The van der Waals surface area contributed by atoms with Crippen LogP contribution in [0.25, 0.3) is 0 Å². The lowest BCUT2D eigenvalue weighted by atomic mass is 10.0. The Morgan fingerprint density at radius 2 is 1.38 bits per heavy atom. The Kier molecular flexibility index (Phi) is 7.62. The zero-order valence-electron chi connectivity index (χ0n) is 20.0. The van der Waals surface area contributed by atoms with Gasteiger partial charge in [0.25, 0.3) is 0 Å². The monoisotopic (exact) mass is 524 g/mol. The van der Waals surface area contributed by atoms with Crippen molar-refractivity contribution in [1.82, 2.24) is 0 Å². The Hall–Kier alpha value is -5.98. The topological polar surface area (TPSA) is 218 Å². The van der Waals surface area contributed by atoms with Crippen LogP contribution in [0.15, 0.2) is 110 Å². The minimum Gasteiger partial charge on any atom is -0.478 e. The third-order valence-corrected chi connectivity index (χ3v) is 5.25. The van der Waals surface area contributed by atoms with Crippen molar-refractivity contribution in [2.24, 2.45) is 25.6 Å². The Labute approximate surface area is 220 Å². The summed E-state index contributed by atoms with van der Waals surface area (Å²) in [6, 6.07) is 15.7. The van der Waals surface area contributed by atoms with Crippen LogP contribution in [-0.4, -0.2) is 33.6 Å². The van der Waals surface area contributed by atoms with Crippen molar-refractivity contribution < 1.29 is 24.6 Å². The molecule has 0 bridgehead atoms. The molecule has 0 saturated heterocycles. The summed E-state index contributed by atoms with van der Waals surface area (Å²) in [6.07, 6.45) is 3.72. The first kappa shape index (κ1) is 26.1. The van der Waals surface area contributed by atoms with Gasteiger partial charge in [0.2, 0.25) is 0 Å². The minimum absolute atomic E-state index is 0.131. The fourth-order valence-corrected chi connectivity index (χ4v) is 3.19. The van der Waals surface area contributed by atoms with Gasteiger partial charge in [-0.1, -0.05) is 0 Å². The number of nitrogens with one attached hydrogen (secondary N) is 1. The number of hydrazone groups is 1. The number of azo groups is 2. The van der Waals surface area contributed by atoms with Gasteiger partial charge in [0.15, 0.2) is 5.78 Å². The maximum atomic E-state index is 11.6. The van der Waals surface area contributed by atoms with E-state index in [0.717, 1.165) is 6.08 Å². The molecule has 194 valence electrons. The van der Waals surface area contributed by atoms with Crippen LogP contribution in [0.4, 0.5) is 39.8 Å². The van der Waals surface area contributed by atoms with Crippen molar-refractivity contribution in [1.29, 1.82) is 0 Å². The van der Waals surface area contributed by atoms with Gasteiger partial charge in [-0.3, -0.25) is 10.2 Å². The molecule has 3 aromatic carbocycles. The van der Waals surface area contributed by atoms with Crippen LogP contribution in [0.3, 0.4) is 0 Å². The second-order valence-electron chi connectivity index (χ2n) is 7.94. The number of carbonyl (C=O) groups is 3. The summed E-state index contributed by atoms with van der Waals surface area (Å²) >= 11 is 0. The minimum atomic E-state index is -1.33. The summed E-state index contributed by atoms with van der Waals surface area (Å²) in [5, 5.41) is 38.6. The molecule has 0 amide bonds. The molecule has 13 heteroatoms. The first-order chi connectivity index (χ1) is 18.7. The van der Waals surface area contributed by atoms with E-state index in [0.29, 0.717) is 22.7 Å². The number of carboxylic acids is 2. The number of benzene rings is 3. The molecular formula is C26H20N8O5. The van der Waals surface area contributed by atoms with Crippen LogP contribution in [-0.2, 0) is 9.59 Å². The lowest BCUT2D eigenvalue weighted by molar-refractivity contribution is -0.134. The molecule has 0 radical (unpaired) electrons. The number of anilines is 3. The van der Waals surface area contributed by atoms with Gasteiger partial charge in [0.05, 0.1) is 39.7 Å². The van der Waals surface area contributed by atoms with Gasteiger partial charge in [-0.15, -0.1) is 10.2 Å². The largest absolute Gasteiger partial charge is 0.478 e. The van der Waals surface area contributed by atoms with Crippen LogP contribution in [0.1, 0.15) is 10.4 Å². The first-order valence-electron chi connectivity index (χ1n) is 11.2. The lowest BCUT2D eigenvalue weighted by Gasteiger charge is -2.06. The van der Waals surface area contributed by atoms with Gasteiger partial charge >= 0.3 is 11.9 Å². The number of ketones is 1. The maximum Gasteiger partial charge on any atom is 0.339 e. The van der Waals surface area contributed by atoms with E-state index >= 15 is 0 Å². The normalized spacial score (nSPS) is 14.2. The van der Waals surface area contributed by atoms with Crippen LogP contribution in [0.5, 0.6) is 0 Å². The van der Waals surface area contributed by atoms with Gasteiger partial charge < -0.3 is 21.7 Å². The van der Waals surface area contributed by atoms with Crippen molar-refractivity contribution in [3.05, 3.63) is 90.0 Å². The Balaban J connectivity index is 1.46. The molecule has 13 nitrogen and oxygen atoms in total. The highest BCUT2D eigenvalue weighted by Gasteiger charge is 2.18. The quantitative estimate of drug-likeness (QED) is 0.0853. The number of nitrogen functional groups attached to an aromatic ring is 2. The van der Waals surface area contributed by atoms with Crippen LogP contribution in [0, 0.1) is 0 Å². The smallest absolute Gasteiger partial charge is 0.339 e. The SMILES string of the molecule is Nc1ccc(N=Nc2ccc(C(=O)O)cc2)c(N)c1N=Nc1ccc(N/N=C2\C=CC(=O)C(C(=O)O)=C2)cc1. The zero-order valence-corrected chi connectivity index (χ0v) is 20.0. The molecule has 3 aromatic rings. The molecule has 0 aliphatic heterocycles. The number of aliphatic carboxylic acids is 1. The lowest BCUT2D eigenvalue weighted by Crippen LogP contribution is -2.15. The molecule has 0 heterocycles. The third kappa shape index (κ3) is 6.42. The highest BCUT2D eigenvalue weighted by molar-refractivity contribution is 6.29. The number of nitrogens with two attached hydrogens (primary N) is 2. The van der Waals surface area contributed by atoms with E-state index in [-0.39, 0.29) is 33.9 Å². The molecule has 0 atom stereocenters. The number of rotatable bonds is 8. The molecule has 0 fully saturated rings. The van der Waals surface area contributed by atoms with E-state index < -0.39 is 17.7 Å². The van der Waals surface area contributed by atoms with E-state index in [1.54, 1.807) is 36.4 Å². The number of hydrogen-bond donors (Lipinski definition) is 5. The van der Waals surface area contributed by atoms with E-state index in [4.69, 9.17) is 21.7 Å². The summed E-state index contributed by atoms with van der Waals surface area (Å²) < 4.78 is 0. The molecule has 0 spiro atoms. The number of nitrogens with zero attached hydrogens (tertiary/aromatic N) is 5. The number of carboxylic acid groups (broad SMARTS) is 2. The molecule has 0 aromatic heterocycles. The van der Waals surface area contributed by atoms with Gasteiger partial charge in [-0.25, -0.2) is 9.59 Å². The average Bonchev–Trinajstić information content (AvgIpc) is 2.92. The fraction of sp³-hybridized carbons (Fsp3) is 0. The second kappa shape index (κ2) is 11.4. The van der Waals surface area contributed by atoms with Gasteiger partial charge in [-0.05, 0) is 78.9 Å². The van der Waals surface area contributed by atoms with Gasteiger partial charge in [-0.2, -0.15) is 15.3 Å². The van der Waals surface area contributed by atoms with Gasteiger partial charge in [0, 0.05) is 0 Å². The molecule has 39 heavy (non-hydrogen) atoms. The van der Waals surface area contributed by atoms with Crippen LogP contribution in [0.2, 0.25) is 0 Å². The van der Waals surface area contributed by atoms with Crippen LogP contribution >= 0.6 is 0 Å². The predicted octanol–water partition coefficient (Wildman–Crippen LogP) is 5.30. The highest BCUT2D eigenvalue weighted by Crippen LogP contribution is 2.38. The van der Waals surface area contributed by atoms with Crippen molar-refractivity contribution in [3.63, 3.8) is 0 Å². The second-order valence-corrected chi connectivity index (χ2v) is 7.94. The molecule has 1 aliphatic rings. The van der Waals surface area contributed by atoms with Crippen LogP contribution < -0.4 is 16.9 Å². The summed E-state index contributed by atoms with van der Waals surface area (Å²) in [4.78, 5) is 33.6. The van der Waals surface area contributed by atoms with Crippen molar-refractivity contribution >= 4 is 63.2 Å². The molecular weight excluding hydrogens is 504 g/mol. The highest BCUT2D eigenvalue weighted by atomic mass is 16.4. The Bertz CT molecular complexity index is 1600. The van der Waals surface area contributed by atoms with Crippen molar-refractivity contribution in [2.45, 2.75) is 0 Å². The predicted molar refractivity (Wildman–Crippen MR) is 144 cm³/mol. The van der Waals surface area contributed by atoms with E-state index in [1.807, 2.05) is 0 Å². The summed E-state index contributed by atoms with van der Waals surface area (Å²) in [6.45, 7) is 0. The number of aromatic carboxylic acids is 1. The first-order valence-corrected chi connectivity index (χ1v) is 11.2. The Morgan fingerprint density at radius 1 is 0.744 bits per heavy atom. The molecule has 0 unspecified atom stereocenters. The van der Waals surface area contributed by atoms with Crippen molar-refractivity contribution in [2.75, 3.05) is 16.9 Å². The zero-order chi connectivity index (χ0) is 27.9.